The molecule has 1 aromatic heterocycles. The predicted octanol–water partition coefficient (Wildman–Crippen LogP) is 2.70. The summed E-state index contributed by atoms with van der Waals surface area (Å²) in [5.74, 6) is 0. The molecule has 1 heterocycles. The van der Waals surface area contributed by atoms with Crippen LogP contribution in [-0.4, -0.2) is 9.91 Å². The number of hydrogen-bond donors (Lipinski definition) is 0. The van der Waals surface area contributed by atoms with Gasteiger partial charge in [-0.2, -0.15) is 0 Å². The summed E-state index contributed by atoms with van der Waals surface area (Å²) in [7, 11) is 0. The van der Waals surface area contributed by atoms with Crippen LogP contribution in [0.4, 0.5) is 5.69 Å². The molecule has 15 heavy (non-hydrogen) atoms. The zero-order valence-electron chi connectivity index (χ0n) is 7.48. The number of nitro groups is 1. The number of aromatic nitrogens is 1. The molecule has 0 N–H and O–H groups in total. The van der Waals surface area contributed by atoms with Gasteiger partial charge in [-0.05, 0) is 9.99 Å². The molecule has 2 rings (SSSR count). The number of nitrogens with zero attached hydrogens (tertiary/aromatic N) is 2. The van der Waals surface area contributed by atoms with E-state index in [1.165, 1.54) is 6.20 Å². The summed E-state index contributed by atoms with van der Waals surface area (Å²) in [5, 5.41) is 11.1. The van der Waals surface area contributed by atoms with E-state index in [2.05, 4.69) is 27.0 Å². The van der Waals surface area contributed by atoms with E-state index >= 15 is 0 Å². The first-order chi connectivity index (χ1) is 6.66. The van der Waals surface area contributed by atoms with Gasteiger partial charge < -0.3 is 4.98 Å². The van der Waals surface area contributed by atoms with Crippen molar-refractivity contribution in [2.75, 3.05) is 0 Å². The van der Waals surface area contributed by atoms with Crippen LogP contribution in [0.3, 0.4) is 0 Å². The molecule has 0 spiro atoms. The Morgan fingerprint density at radius 2 is 2.20 bits per heavy atom. The molecule has 0 atom stereocenters. The molecule has 0 unspecified atom stereocenters. The Kier molecular flexibility index (Phi) is 4.31. The van der Waals surface area contributed by atoms with Crippen molar-refractivity contribution in [2.24, 2.45) is 0 Å². The van der Waals surface area contributed by atoms with Crippen molar-refractivity contribution in [2.45, 2.75) is 0 Å². The first kappa shape index (κ1) is 12.7. The summed E-state index contributed by atoms with van der Waals surface area (Å²) >= 11 is 3.28. The Labute approximate surface area is 119 Å². The van der Waals surface area contributed by atoms with E-state index in [1.54, 1.807) is 12.1 Å². The van der Waals surface area contributed by atoms with E-state index in [-0.39, 0.29) is 38.4 Å². The standard InChI is InChI=1S/C9H4BrN2O2.Y/c10-7-1-2-9-6(3-7)4-8(5-11-9)12(13)14;/h1-3,5H;/q-1;. The Bertz CT molecular complexity index is 518. The van der Waals surface area contributed by atoms with Crippen LogP contribution in [0.1, 0.15) is 0 Å². The van der Waals surface area contributed by atoms with Gasteiger partial charge >= 0.3 is 0 Å². The number of pyridine rings is 1. The summed E-state index contributed by atoms with van der Waals surface area (Å²) in [6.45, 7) is 0. The van der Waals surface area contributed by atoms with E-state index < -0.39 is 4.92 Å². The van der Waals surface area contributed by atoms with E-state index in [0.717, 1.165) is 4.47 Å². The van der Waals surface area contributed by atoms with Gasteiger partial charge in [0.25, 0.3) is 0 Å². The number of rotatable bonds is 1. The summed E-state index contributed by atoms with van der Waals surface area (Å²) in [6.07, 6.45) is 1.20. The predicted molar refractivity (Wildman–Crippen MR) is 54.9 cm³/mol. The van der Waals surface area contributed by atoms with Crippen molar-refractivity contribution in [1.82, 2.24) is 4.98 Å². The molecule has 0 amide bonds. The number of hydrogen-bond acceptors (Lipinski definition) is 3. The maximum atomic E-state index is 10.5. The molecule has 0 aliphatic heterocycles. The Morgan fingerprint density at radius 1 is 1.47 bits per heavy atom. The molecule has 6 heteroatoms. The van der Waals surface area contributed by atoms with E-state index in [0.29, 0.717) is 10.9 Å². The molecule has 0 bridgehead atoms. The van der Waals surface area contributed by atoms with Crippen molar-refractivity contribution in [3.8, 4) is 0 Å². The smallest absolute Gasteiger partial charge is 0.208 e. The fourth-order valence-electron chi connectivity index (χ4n) is 1.11. The van der Waals surface area contributed by atoms with Crippen molar-refractivity contribution in [3.05, 3.63) is 45.0 Å². The second kappa shape index (κ2) is 5.10. The maximum Gasteiger partial charge on any atom is 0.208 e. The summed E-state index contributed by atoms with van der Waals surface area (Å²) in [5.41, 5.74) is 0.578. The van der Waals surface area contributed by atoms with Crippen LogP contribution >= 0.6 is 15.9 Å². The van der Waals surface area contributed by atoms with Crippen molar-refractivity contribution < 1.29 is 37.6 Å². The maximum absolute atomic E-state index is 10.5. The Hall–Kier alpha value is -0.386. The van der Waals surface area contributed by atoms with Gasteiger partial charge in [-0.1, -0.05) is 34.1 Å². The minimum absolute atomic E-state index is 0. The number of benzene rings is 1. The average molecular weight is 341 g/mol. The zero-order chi connectivity index (χ0) is 10.1. The molecule has 73 valence electrons. The van der Waals surface area contributed by atoms with Gasteiger partial charge in [0.2, 0.25) is 5.69 Å². The van der Waals surface area contributed by atoms with Crippen LogP contribution in [0.2, 0.25) is 0 Å². The Balaban J connectivity index is 0.00000112. The summed E-state index contributed by atoms with van der Waals surface area (Å²) in [6, 6.07) is 8.03. The van der Waals surface area contributed by atoms with Crippen LogP contribution in [0.25, 0.3) is 10.9 Å². The minimum atomic E-state index is -0.507. The van der Waals surface area contributed by atoms with Crippen LogP contribution < -0.4 is 0 Å². The van der Waals surface area contributed by atoms with E-state index in [9.17, 15) is 10.1 Å². The fourth-order valence-corrected chi connectivity index (χ4v) is 1.48. The van der Waals surface area contributed by atoms with E-state index in [1.807, 2.05) is 6.07 Å². The second-order valence-corrected chi connectivity index (χ2v) is 3.60. The fraction of sp³-hybridized carbons (Fsp3) is 0. The van der Waals surface area contributed by atoms with Crippen molar-refractivity contribution >= 4 is 32.5 Å². The van der Waals surface area contributed by atoms with Crippen LogP contribution in [0.5, 0.6) is 0 Å². The molecule has 4 nitrogen and oxygen atoms in total. The minimum Gasteiger partial charge on any atom is -0.345 e. The molecular formula is C9H4BrN2O2Y-. The van der Waals surface area contributed by atoms with Gasteiger partial charge in [-0.25, -0.2) is 0 Å². The zero-order valence-corrected chi connectivity index (χ0v) is 11.9. The molecule has 2 aromatic rings. The molecule has 1 radical (unpaired) electrons. The summed E-state index contributed by atoms with van der Waals surface area (Å²) < 4.78 is 0.851. The third-order valence-corrected chi connectivity index (χ3v) is 2.24. The first-order valence-electron chi connectivity index (χ1n) is 3.79. The first-order valence-corrected chi connectivity index (χ1v) is 4.58. The number of fused-ring (bicyclic) bond motifs is 1. The van der Waals surface area contributed by atoms with Crippen molar-refractivity contribution in [3.63, 3.8) is 0 Å². The third-order valence-electron chi connectivity index (χ3n) is 1.74. The van der Waals surface area contributed by atoms with Gasteiger partial charge in [0.15, 0.2) is 0 Å². The molecule has 0 aliphatic carbocycles. The van der Waals surface area contributed by atoms with E-state index in [4.69, 9.17) is 0 Å². The van der Waals surface area contributed by atoms with Crippen LogP contribution in [-0.2, 0) is 32.7 Å². The average Bonchev–Trinajstić information content (AvgIpc) is 2.16. The van der Waals surface area contributed by atoms with Crippen LogP contribution in [0, 0.1) is 16.2 Å². The molecule has 0 saturated heterocycles. The second-order valence-electron chi connectivity index (χ2n) is 2.69. The molecular weight excluding hydrogens is 337 g/mol. The topological polar surface area (TPSA) is 56.0 Å². The molecule has 0 fully saturated rings. The van der Waals surface area contributed by atoms with Gasteiger partial charge in [0.1, 0.15) is 0 Å². The molecule has 0 aliphatic rings. The van der Waals surface area contributed by atoms with Crippen LogP contribution in [0.15, 0.2) is 28.9 Å². The number of halogens is 1. The Morgan fingerprint density at radius 3 is 2.87 bits per heavy atom. The SMILES string of the molecule is O=[N+]([O-])c1[c-]c2cc(Br)ccc2nc1.[Y]. The van der Waals surface area contributed by atoms with Gasteiger partial charge in [-0.3, -0.25) is 10.1 Å². The van der Waals surface area contributed by atoms with Gasteiger partial charge in [-0.15, -0.1) is 11.5 Å². The monoisotopic (exact) mass is 340 g/mol. The normalized spacial score (nSPS) is 9.67. The van der Waals surface area contributed by atoms with Gasteiger partial charge in [0.05, 0.1) is 0 Å². The summed E-state index contributed by atoms with van der Waals surface area (Å²) in [4.78, 5) is 13.9. The largest absolute Gasteiger partial charge is 0.345 e. The molecule has 1 aromatic carbocycles. The third kappa shape index (κ3) is 2.80. The van der Waals surface area contributed by atoms with Gasteiger partial charge in [0, 0.05) is 43.8 Å². The quantitative estimate of drug-likeness (QED) is 0.455. The molecule has 0 saturated carbocycles. The van der Waals surface area contributed by atoms with Crippen molar-refractivity contribution in [1.29, 1.82) is 0 Å².